The molecule has 1 heterocycles. The maximum Gasteiger partial charge on any atom is 0.417 e. The normalized spacial score (nSPS) is 11.7. The van der Waals surface area contributed by atoms with Crippen LogP contribution in [0.2, 0.25) is 0 Å². The van der Waals surface area contributed by atoms with Gasteiger partial charge in [-0.05, 0) is 29.0 Å². The topological polar surface area (TPSA) is 43.6 Å². The molecule has 118 valence electrons. The highest BCUT2D eigenvalue weighted by atomic mass is 19.4. The molecule has 3 rings (SSSR count). The van der Waals surface area contributed by atoms with Crippen molar-refractivity contribution in [3.05, 3.63) is 65.2 Å². The van der Waals surface area contributed by atoms with Crippen molar-refractivity contribution in [3.63, 3.8) is 0 Å². The van der Waals surface area contributed by atoms with Crippen LogP contribution in [0.1, 0.15) is 16.7 Å². The zero-order valence-electron chi connectivity index (χ0n) is 12.2. The van der Waals surface area contributed by atoms with Gasteiger partial charge in [0.2, 0.25) is 0 Å². The monoisotopic (exact) mass is 318 g/mol. The van der Waals surface area contributed by atoms with Crippen LogP contribution in [-0.2, 0) is 12.7 Å². The first kappa shape index (κ1) is 15.2. The quantitative estimate of drug-likeness (QED) is 0.739. The van der Waals surface area contributed by atoms with Crippen molar-refractivity contribution in [3.8, 4) is 11.4 Å². The van der Waals surface area contributed by atoms with Gasteiger partial charge in [-0.15, -0.1) is 5.10 Å². The second-order valence-corrected chi connectivity index (χ2v) is 5.19. The SMILES string of the molecule is Cc1ccc(Cn2nnnc2-c2ccccc2C(F)(F)F)cc1. The standard InChI is InChI=1S/C16H13F3N4/c1-11-6-8-12(9-7-11)10-23-15(20-21-22-23)13-4-2-3-5-14(13)16(17,18)19/h2-9H,10H2,1H3. The Morgan fingerprint density at radius 1 is 1.00 bits per heavy atom. The summed E-state index contributed by atoms with van der Waals surface area (Å²) in [6.45, 7) is 2.26. The number of hydrogen-bond acceptors (Lipinski definition) is 3. The average molecular weight is 318 g/mol. The summed E-state index contributed by atoms with van der Waals surface area (Å²) < 4.78 is 40.9. The largest absolute Gasteiger partial charge is 0.417 e. The van der Waals surface area contributed by atoms with Crippen molar-refractivity contribution in [1.82, 2.24) is 20.2 Å². The smallest absolute Gasteiger partial charge is 0.221 e. The van der Waals surface area contributed by atoms with Crippen molar-refractivity contribution in [1.29, 1.82) is 0 Å². The van der Waals surface area contributed by atoms with Gasteiger partial charge in [0.15, 0.2) is 5.82 Å². The first-order chi connectivity index (χ1) is 10.9. The van der Waals surface area contributed by atoms with Crippen molar-refractivity contribution in [2.24, 2.45) is 0 Å². The molecule has 0 unspecified atom stereocenters. The summed E-state index contributed by atoms with van der Waals surface area (Å²) in [6.07, 6.45) is -4.46. The van der Waals surface area contributed by atoms with E-state index in [9.17, 15) is 13.2 Å². The van der Waals surface area contributed by atoms with Gasteiger partial charge >= 0.3 is 6.18 Å². The summed E-state index contributed by atoms with van der Waals surface area (Å²) in [6, 6.07) is 13.0. The first-order valence-corrected chi connectivity index (χ1v) is 6.93. The Bertz CT molecular complexity index is 807. The first-order valence-electron chi connectivity index (χ1n) is 6.93. The molecule has 23 heavy (non-hydrogen) atoms. The highest BCUT2D eigenvalue weighted by Gasteiger charge is 2.34. The molecule has 4 nitrogen and oxygen atoms in total. The molecule has 0 fully saturated rings. The number of rotatable bonds is 3. The minimum absolute atomic E-state index is 0.0305. The number of hydrogen-bond donors (Lipinski definition) is 0. The molecular weight excluding hydrogens is 305 g/mol. The van der Waals surface area contributed by atoms with E-state index in [1.807, 2.05) is 31.2 Å². The van der Waals surface area contributed by atoms with Crippen molar-refractivity contribution in [2.45, 2.75) is 19.6 Å². The summed E-state index contributed by atoms with van der Waals surface area (Å²) in [5, 5.41) is 11.1. The molecule has 7 heteroatoms. The van der Waals surface area contributed by atoms with E-state index in [2.05, 4.69) is 15.5 Å². The molecule has 0 atom stereocenters. The van der Waals surface area contributed by atoms with E-state index < -0.39 is 11.7 Å². The summed E-state index contributed by atoms with van der Waals surface area (Å²) >= 11 is 0. The van der Waals surface area contributed by atoms with E-state index in [1.54, 1.807) is 0 Å². The van der Waals surface area contributed by atoms with Gasteiger partial charge in [-0.3, -0.25) is 0 Å². The van der Waals surface area contributed by atoms with E-state index in [0.29, 0.717) is 6.54 Å². The predicted octanol–water partition coefficient (Wildman–Crippen LogP) is 3.72. The Morgan fingerprint density at radius 3 is 2.39 bits per heavy atom. The van der Waals surface area contributed by atoms with Gasteiger partial charge in [0.05, 0.1) is 12.1 Å². The molecular formula is C16H13F3N4. The van der Waals surface area contributed by atoms with Crippen molar-refractivity contribution in [2.75, 3.05) is 0 Å². The summed E-state index contributed by atoms with van der Waals surface area (Å²) in [5.41, 5.74) is 1.24. The number of benzene rings is 2. The lowest BCUT2D eigenvalue weighted by Crippen LogP contribution is -2.10. The molecule has 0 saturated carbocycles. The fourth-order valence-corrected chi connectivity index (χ4v) is 2.30. The molecule has 2 aromatic carbocycles. The molecule has 0 amide bonds. The number of alkyl halides is 3. The molecule has 0 spiro atoms. The maximum atomic E-state index is 13.2. The molecule has 0 radical (unpaired) electrons. The molecule has 3 aromatic rings. The minimum Gasteiger partial charge on any atom is -0.221 e. The Hall–Kier alpha value is -2.70. The lowest BCUT2D eigenvalue weighted by Gasteiger charge is -2.12. The zero-order valence-corrected chi connectivity index (χ0v) is 12.2. The summed E-state index contributed by atoms with van der Waals surface area (Å²) in [5.74, 6) is 0.0958. The van der Waals surface area contributed by atoms with Crippen LogP contribution < -0.4 is 0 Å². The van der Waals surface area contributed by atoms with Crippen LogP contribution in [0.5, 0.6) is 0 Å². The third kappa shape index (κ3) is 3.23. The van der Waals surface area contributed by atoms with E-state index in [-0.39, 0.29) is 11.4 Å². The Morgan fingerprint density at radius 2 is 1.70 bits per heavy atom. The fourth-order valence-electron chi connectivity index (χ4n) is 2.30. The van der Waals surface area contributed by atoms with Crippen LogP contribution >= 0.6 is 0 Å². The highest BCUT2D eigenvalue weighted by Crippen LogP contribution is 2.36. The highest BCUT2D eigenvalue weighted by molar-refractivity contribution is 5.61. The third-order valence-electron chi connectivity index (χ3n) is 3.46. The second kappa shape index (κ2) is 5.83. The van der Waals surface area contributed by atoms with Crippen LogP contribution in [0.4, 0.5) is 13.2 Å². The molecule has 0 aliphatic heterocycles. The van der Waals surface area contributed by atoms with E-state index >= 15 is 0 Å². The van der Waals surface area contributed by atoms with Gasteiger partial charge in [0.25, 0.3) is 0 Å². The number of aryl methyl sites for hydroxylation is 1. The summed E-state index contributed by atoms with van der Waals surface area (Å²) in [4.78, 5) is 0. The summed E-state index contributed by atoms with van der Waals surface area (Å²) in [7, 11) is 0. The Kier molecular flexibility index (Phi) is 3.85. The van der Waals surface area contributed by atoms with Crippen molar-refractivity contribution >= 4 is 0 Å². The van der Waals surface area contributed by atoms with Crippen molar-refractivity contribution < 1.29 is 13.2 Å². The lowest BCUT2D eigenvalue weighted by atomic mass is 10.1. The number of halogens is 3. The van der Waals surface area contributed by atoms with E-state index in [0.717, 1.165) is 17.2 Å². The van der Waals surface area contributed by atoms with Crippen LogP contribution in [0.25, 0.3) is 11.4 Å². The molecule has 0 bridgehead atoms. The lowest BCUT2D eigenvalue weighted by molar-refractivity contribution is -0.137. The van der Waals surface area contributed by atoms with Crippen LogP contribution in [0, 0.1) is 6.92 Å². The van der Waals surface area contributed by atoms with Gasteiger partial charge in [-0.25, -0.2) is 4.68 Å². The average Bonchev–Trinajstić information content (AvgIpc) is 2.97. The van der Waals surface area contributed by atoms with Crippen LogP contribution in [0.15, 0.2) is 48.5 Å². The minimum atomic E-state index is -4.46. The molecule has 0 aliphatic carbocycles. The molecule has 0 saturated heterocycles. The van der Waals surface area contributed by atoms with Gasteiger partial charge in [-0.2, -0.15) is 13.2 Å². The van der Waals surface area contributed by atoms with Gasteiger partial charge in [-0.1, -0.05) is 48.0 Å². The number of nitrogens with zero attached hydrogens (tertiary/aromatic N) is 4. The molecule has 0 N–H and O–H groups in total. The Balaban J connectivity index is 2.00. The van der Waals surface area contributed by atoms with E-state index in [4.69, 9.17) is 0 Å². The van der Waals surface area contributed by atoms with Gasteiger partial charge in [0, 0.05) is 5.56 Å². The molecule has 0 aliphatic rings. The maximum absolute atomic E-state index is 13.2. The van der Waals surface area contributed by atoms with Crippen LogP contribution in [0.3, 0.4) is 0 Å². The third-order valence-corrected chi connectivity index (χ3v) is 3.46. The number of aromatic nitrogens is 4. The zero-order chi connectivity index (χ0) is 16.4. The predicted molar refractivity (Wildman–Crippen MR) is 78.5 cm³/mol. The Labute approximate surface area is 130 Å². The van der Waals surface area contributed by atoms with Gasteiger partial charge < -0.3 is 0 Å². The van der Waals surface area contributed by atoms with E-state index in [1.165, 1.54) is 22.9 Å². The van der Waals surface area contributed by atoms with Gasteiger partial charge in [0.1, 0.15) is 0 Å². The second-order valence-electron chi connectivity index (χ2n) is 5.19. The molecule has 1 aromatic heterocycles. The van der Waals surface area contributed by atoms with Crippen LogP contribution in [-0.4, -0.2) is 20.2 Å². The fraction of sp³-hybridized carbons (Fsp3) is 0.188. The number of tetrazole rings is 1.